The number of benzene rings is 1. The molecule has 0 aliphatic carbocycles. The van der Waals surface area contributed by atoms with Gasteiger partial charge in [-0.2, -0.15) is 0 Å². The van der Waals surface area contributed by atoms with Gasteiger partial charge in [-0.1, -0.05) is 58.0 Å². The quantitative estimate of drug-likeness (QED) is 0.741. The highest BCUT2D eigenvalue weighted by atomic mass is 16.5. The van der Waals surface area contributed by atoms with Crippen LogP contribution in [0.25, 0.3) is 0 Å². The zero-order valence-electron chi connectivity index (χ0n) is 13.3. The fourth-order valence-corrected chi connectivity index (χ4v) is 0.676. The minimum absolute atomic E-state index is 0.318. The second-order valence-corrected chi connectivity index (χ2v) is 3.85. The van der Waals surface area contributed by atoms with Gasteiger partial charge in [0.2, 0.25) is 0 Å². The zero-order chi connectivity index (χ0) is 15.7. The predicted molar refractivity (Wildman–Crippen MR) is 81.4 cm³/mol. The molecule has 1 aromatic carbocycles. The molecule has 0 aliphatic heterocycles. The van der Waals surface area contributed by atoms with Gasteiger partial charge in [-0.15, -0.1) is 0 Å². The van der Waals surface area contributed by atoms with Crippen molar-refractivity contribution in [2.75, 3.05) is 0 Å². The van der Waals surface area contributed by atoms with Crippen molar-refractivity contribution in [2.24, 2.45) is 0 Å². The van der Waals surface area contributed by atoms with E-state index in [-0.39, 0.29) is 5.60 Å². The molecule has 0 amide bonds. The highest BCUT2D eigenvalue weighted by Gasteiger charge is 2.07. The summed E-state index contributed by atoms with van der Waals surface area (Å²) in [5, 5.41) is 0. The van der Waals surface area contributed by atoms with Gasteiger partial charge in [0, 0.05) is 5.56 Å². The molecule has 0 bridgehead atoms. The number of hydrogen-bond donors (Lipinski definition) is 0. The fourth-order valence-electron chi connectivity index (χ4n) is 0.676. The van der Waals surface area contributed by atoms with Crippen LogP contribution in [0.5, 0.6) is 0 Å². The maximum Gasteiger partial charge on any atom is 0.293 e. The first-order chi connectivity index (χ1) is 8.99. The van der Waals surface area contributed by atoms with Crippen LogP contribution in [-0.4, -0.2) is 18.4 Å². The van der Waals surface area contributed by atoms with E-state index in [1.165, 1.54) is 0 Å². The predicted octanol–water partition coefficient (Wildman–Crippen LogP) is 4.51. The first-order valence-electron chi connectivity index (χ1n) is 6.61. The Balaban J connectivity index is -0.000000215. The Labute approximate surface area is 118 Å². The summed E-state index contributed by atoms with van der Waals surface area (Å²) >= 11 is 0. The third kappa shape index (κ3) is 22.1. The Morgan fingerprint density at radius 1 is 0.895 bits per heavy atom. The van der Waals surface area contributed by atoms with Crippen LogP contribution in [0.1, 0.15) is 58.8 Å². The standard InChI is InChI=1S/C7H6O.C5H10O2.2C2H6/c8-6-7-4-2-1-3-5-7;1-5(2,3)7-4-6;2*1-2/h1-6H;4H,1-3H3;2*1-2H3. The Kier molecular flexibility index (Phi) is 19.4. The normalized spacial score (nSPS) is 8.16. The van der Waals surface area contributed by atoms with Gasteiger partial charge in [0.25, 0.3) is 6.47 Å². The number of rotatable bonds is 2. The molecule has 0 spiro atoms. The van der Waals surface area contributed by atoms with Crippen molar-refractivity contribution < 1.29 is 14.3 Å². The van der Waals surface area contributed by atoms with Crippen molar-refractivity contribution in [1.82, 2.24) is 0 Å². The summed E-state index contributed by atoms with van der Waals surface area (Å²) in [7, 11) is 0. The monoisotopic (exact) mass is 268 g/mol. The van der Waals surface area contributed by atoms with Gasteiger partial charge in [-0.25, -0.2) is 0 Å². The lowest BCUT2D eigenvalue weighted by Crippen LogP contribution is -2.17. The summed E-state index contributed by atoms with van der Waals surface area (Å²) in [4.78, 5) is 19.6. The third-order valence-electron chi connectivity index (χ3n) is 1.34. The van der Waals surface area contributed by atoms with E-state index in [1.54, 1.807) is 12.1 Å². The number of carbonyl (C=O) groups excluding carboxylic acids is 2. The largest absolute Gasteiger partial charge is 0.462 e. The van der Waals surface area contributed by atoms with Crippen molar-refractivity contribution in [3.8, 4) is 0 Å². The van der Waals surface area contributed by atoms with E-state index in [1.807, 2.05) is 66.7 Å². The van der Waals surface area contributed by atoms with Crippen molar-refractivity contribution >= 4 is 12.8 Å². The summed E-state index contributed by atoms with van der Waals surface area (Å²) in [6, 6.07) is 9.10. The van der Waals surface area contributed by atoms with Crippen LogP contribution in [0.2, 0.25) is 0 Å². The lowest BCUT2D eigenvalue weighted by atomic mass is 10.2. The van der Waals surface area contributed by atoms with E-state index in [0.717, 1.165) is 11.8 Å². The van der Waals surface area contributed by atoms with Crippen LogP contribution in [0.3, 0.4) is 0 Å². The molecular weight excluding hydrogens is 240 g/mol. The lowest BCUT2D eigenvalue weighted by Gasteiger charge is -2.14. The van der Waals surface area contributed by atoms with Crippen LogP contribution in [0, 0.1) is 0 Å². The van der Waals surface area contributed by atoms with Gasteiger partial charge in [0.1, 0.15) is 11.9 Å². The third-order valence-corrected chi connectivity index (χ3v) is 1.34. The molecule has 0 N–H and O–H groups in total. The number of hydrogen-bond acceptors (Lipinski definition) is 3. The minimum atomic E-state index is -0.318. The molecule has 1 rings (SSSR count). The molecule has 0 unspecified atom stereocenters. The molecule has 0 fully saturated rings. The molecule has 0 aliphatic rings. The van der Waals surface area contributed by atoms with Crippen LogP contribution >= 0.6 is 0 Å². The highest BCUT2D eigenvalue weighted by molar-refractivity contribution is 5.74. The molecule has 0 saturated carbocycles. The molecule has 3 nitrogen and oxygen atoms in total. The molecule has 0 aromatic heterocycles. The smallest absolute Gasteiger partial charge is 0.293 e. The van der Waals surface area contributed by atoms with E-state index < -0.39 is 0 Å². The van der Waals surface area contributed by atoms with Gasteiger partial charge in [0.15, 0.2) is 0 Å². The van der Waals surface area contributed by atoms with Crippen LogP contribution in [-0.2, 0) is 9.53 Å². The van der Waals surface area contributed by atoms with E-state index in [4.69, 9.17) is 0 Å². The average molecular weight is 268 g/mol. The van der Waals surface area contributed by atoms with Gasteiger partial charge in [-0.3, -0.25) is 9.59 Å². The zero-order valence-corrected chi connectivity index (χ0v) is 13.3. The van der Waals surface area contributed by atoms with Crippen LogP contribution in [0.4, 0.5) is 0 Å². The molecule has 19 heavy (non-hydrogen) atoms. The number of aldehydes is 1. The fraction of sp³-hybridized carbons (Fsp3) is 0.500. The van der Waals surface area contributed by atoms with E-state index in [0.29, 0.717) is 6.47 Å². The van der Waals surface area contributed by atoms with Gasteiger partial charge in [0.05, 0.1) is 0 Å². The Bertz CT molecular complexity index is 287. The first kappa shape index (κ1) is 22.5. The molecule has 3 heteroatoms. The lowest BCUT2D eigenvalue weighted by molar-refractivity contribution is -0.138. The SMILES string of the molecule is CC.CC.CC(C)(C)OC=O.O=Cc1ccccc1. The van der Waals surface area contributed by atoms with Crippen molar-refractivity contribution in [1.29, 1.82) is 0 Å². The van der Waals surface area contributed by atoms with Crippen molar-refractivity contribution in [2.45, 2.75) is 54.1 Å². The average Bonchev–Trinajstić information content (AvgIpc) is 2.43. The molecule has 1 aromatic rings. The molecule has 0 saturated heterocycles. The topological polar surface area (TPSA) is 43.4 Å². The maximum absolute atomic E-state index is 10.0. The van der Waals surface area contributed by atoms with Gasteiger partial charge < -0.3 is 4.74 Å². The molecule has 0 radical (unpaired) electrons. The summed E-state index contributed by atoms with van der Waals surface area (Å²) in [6.45, 7) is 13.9. The van der Waals surface area contributed by atoms with Crippen molar-refractivity contribution in [3.63, 3.8) is 0 Å². The summed E-state index contributed by atoms with van der Waals surface area (Å²) in [5.41, 5.74) is 0.411. The second-order valence-electron chi connectivity index (χ2n) is 3.85. The first-order valence-corrected chi connectivity index (χ1v) is 6.61. The van der Waals surface area contributed by atoms with E-state index in [2.05, 4.69) is 4.74 Å². The Hall–Kier alpha value is -1.64. The number of ether oxygens (including phenoxy) is 1. The van der Waals surface area contributed by atoms with Gasteiger partial charge in [-0.05, 0) is 20.8 Å². The molecule has 0 atom stereocenters. The molecular formula is C16H28O3. The minimum Gasteiger partial charge on any atom is -0.462 e. The number of carbonyl (C=O) groups is 2. The Morgan fingerprint density at radius 3 is 1.47 bits per heavy atom. The van der Waals surface area contributed by atoms with Crippen LogP contribution in [0.15, 0.2) is 30.3 Å². The summed E-state index contributed by atoms with van der Waals surface area (Å²) < 4.78 is 4.55. The highest BCUT2D eigenvalue weighted by Crippen LogP contribution is 2.02. The summed E-state index contributed by atoms with van der Waals surface area (Å²) in [6.07, 6.45) is 0.833. The van der Waals surface area contributed by atoms with Crippen LogP contribution < -0.4 is 0 Å². The maximum atomic E-state index is 10.0. The van der Waals surface area contributed by atoms with Gasteiger partial charge >= 0.3 is 0 Å². The van der Waals surface area contributed by atoms with Crippen molar-refractivity contribution in [3.05, 3.63) is 35.9 Å². The van der Waals surface area contributed by atoms with E-state index in [9.17, 15) is 9.59 Å². The molecule has 0 heterocycles. The Morgan fingerprint density at radius 2 is 1.32 bits per heavy atom. The molecule has 110 valence electrons. The van der Waals surface area contributed by atoms with E-state index >= 15 is 0 Å². The summed E-state index contributed by atoms with van der Waals surface area (Å²) in [5.74, 6) is 0. The second kappa shape index (κ2) is 16.4.